The molecule has 4 heteroatoms. The lowest BCUT2D eigenvalue weighted by molar-refractivity contribution is 0.503. The van der Waals surface area contributed by atoms with Crippen molar-refractivity contribution in [1.82, 2.24) is 14.9 Å². The van der Waals surface area contributed by atoms with Crippen LogP contribution >= 0.6 is 0 Å². The van der Waals surface area contributed by atoms with Crippen LogP contribution in [0.2, 0.25) is 0 Å². The van der Waals surface area contributed by atoms with Crippen LogP contribution in [-0.2, 0) is 13.1 Å². The van der Waals surface area contributed by atoms with E-state index in [0.717, 1.165) is 47.9 Å². The molecule has 0 bridgehead atoms. The van der Waals surface area contributed by atoms with Crippen molar-refractivity contribution in [2.45, 2.75) is 13.1 Å². The Morgan fingerprint density at radius 3 is 3.17 bits per heavy atom. The molecule has 1 aromatic carbocycles. The molecule has 0 amide bonds. The molecule has 0 saturated heterocycles. The Labute approximate surface area is 104 Å². The fourth-order valence-electron chi connectivity index (χ4n) is 2.50. The summed E-state index contributed by atoms with van der Waals surface area (Å²) in [5.41, 5.74) is 2.00. The first-order valence-electron chi connectivity index (χ1n) is 6.16. The van der Waals surface area contributed by atoms with E-state index in [-0.39, 0.29) is 0 Å². The Morgan fingerprint density at radius 2 is 2.22 bits per heavy atom. The van der Waals surface area contributed by atoms with Crippen LogP contribution in [0.3, 0.4) is 0 Å². The van der Waals surface area contributed by atoms with Crippen molar-refractivity contribution < 1.29 is 4.42 Å². The molecule has 0 unspecified atom stereocenters. The SMILES string of the molecule is c1ccc2oc(-c3cnc4n3CCNC4)cc2c1. The van der Waals surface area contributed by atoms with Crippen molar-refractivity contribution in [2.24, 2.45) is 0 Å². The van der Waals surface area contributed by atoms with Crippen LogP contribution < -0.4 is 5.32 Å². The minimum absolute atomic E-state index is 0.834. The summed E-state index contributed by atoms with van der Waals surface area (Å²) in [5.74, 6) is 1.98. The zero-order valence-electron chi connectivity index (χ0n) is 9.89. The molecule has 3 aromatic rings. The smallest absolute Gasteiger partial charge is 0.153 e. The summed E-state index contributed by atoms with van der Waals surface area (Å²) in [6.45, 7) is 2.76. The standard InChI is InChI=1S/C14H13N3O/c1-2-4-12-10(3-1)7-13(18-12)11-8-16-14-9-15-5-6-17(11)14/h1-4,7-8,15H,5-6,9H2. The largest absolute Gasteiger partial charge is 0.454 e. The fourth-order valence-corrected chi connectivity index (χ4v) is 2.50. The van der Waals surface area contributed by atoms with Gasteiger partial charge in [0.25, 0.3) is 0 Å². The van der Waals surface area contributed by atoms with E-state index in [1.54, 1.807) is 0 Å². The van der Waals surface area contributed by atoms with Gasteiger partial charge in [-0.25, -0.2) is 4.98 Å². The predicted molar refractivity (Wildman–Crippen MR) is 69.1 cm³/mol. The Hall–Kier alpha value is -2.07. The highest BCUT2D eigenvalue weighted by molar-refractivity contribution is 5.82. The third-order valence-electron chi connectivity index (χ3n) is 3.41. The van der Waals surface area contributed by atoms with Gasteiger partial charge in [-0.05, 0) is 12.1 Å². The minimum Gasteiger partial charge on any atom is -0.454 e. The van der Waals surface area contributed by atoms with Crippen molar-refractivity contribution in [1.29, 1.82) is 0 Å². The minimum atomic E-state index is 0.834. The number of benzene rings is 1. The van der Waals surface area contributed by atoms with Gasteiger partial charge in [0.15, 0.2) is 5.76 Å². The molecule has 0 saturated carbocycles. The number of fused-ring (bicyclic) bond motifs is 2. The Kier molecular flexibility index (Phi) is 2.04. The van der Waals surface area contributed by atoms with Gasteiger partial charge in [-0.3, -0.25) is 0 Å². The first-order chi connectivity index (χ1) is 8.92. The Morgan fingerprint density at radius 1 is 1.28 bits per heavy atom. The molecule has 1 N–H and O–H groups in total. The summed E-state index contributed by atoms with van der Waals surface area (Å²) >= 11 is 0. The Bertz CT molecular complexity index is 678. The zero-order chi connectivity index (χ0) is 11.9. The maximum absolute atomic E-state index is 5.90. The van der Waals surface area contributed by atoms with Crippen molar-refractivity contribution in [2.75, 3.05) is 6.54 Å². The molecule has 18 heavy (non-hydrogen) atoms. The van der Waals surface area contributed by atoms with Gasteiger partial charge >= 0.3 is 0 Å². The maximum Gasteiger partial charge on any atom is 0.153 e. The van der Waals surface area contributed by atoms with Gasteiger partial charge < -0.3 is 14.3 Å². The second-order valence-electron chi connectivity index (χ2n) is 4.54. The van der Waals surface area contributed by atoms with E-state index >= 15 is 0 Å². The summed E-state index contributed by atoms with van der Waals surface area (Å²) in [6, 6.07) is 10.2. The molecule has 0 atom stereocenters. The van der Waals surface area contributed by atoms with Crippen LogP contribution in [0.1, 0.15) is 5.82 Å². The summed E-state index contributed by atoms with van der Waals surface area (Å²) in [7, 11) is 0. The van der Waals surface area contributed by atoms with Crippen LogP contribution in [0.5, 0.6) is 0 Å². The third-order valence-corrected chi connectivity index (χ3v) is 3.41. The molecule has 0 fully saturated rings. The number of para-hydroxylation sites is 1. The van der Waals surface area contributed by atoms with E-state index in [4.69, 9.17) is 4.42 Å². The first-order valence-corrected chi connectivity index (χ1v) is 6.16. The number of imidazole rings is 1. The van der Waals surface area contributed by atoms with Crippen LogP contribution in [0.15, 0.2) is 40.9 Å². The van der Waals surface area contributed by atoms with Crippen LogP contribution in [-0.4, -0.2) is 16.1 Å². The lowest BCUT2D eigenvalue weighted by Gasteiger charge is -2.16. The zero-order valence-corrected chi connectivity index (χ0v) is 9.89. The van der Waals surface area contributed by atoms with Crippen LogP contribution in [0.25, 0.3) is 22.4 Å². The number of furan rings is 1. The Balaban J connectivity index is 1.89. The average Bonchev–Trinajstić information content (AvgIpc) is 3.02. The predicted octanol–water partition coefficient (Wildman–Crippen LogP) is 2.40. The second-order valence-corrected chi connectivity index (χ2v) is 4.54. The number of nitrogens with one attached hydrogen (secondary N) is 1. The van der Waals surface area contributed by atoms with Crippen molar-refractivity contribution in [3.05, 3.63) is 42.4 Å². The van der Waals surface area contributed by atoms with Gasteiger partial charge in [0, 0.05) is 18.5 Å². The highest BCUT2D eigenvalue weighted by Gasteiger charge is 2.17. The molecular formula is C14H13N3O. The van der Waals surface area contributed by atoms with E-state index < -0.39 is 0 Å². The first kappa shape index (κ1) is 9.91. The topological polar surface area (TPSA) is 43.0 Å². The number of rotatable bonds is 1. The fraction of sp³-hybridized carbons (Fsp3) is 0.214. The highest BCUT2D eigenvalue weighted by Crippen LogP contribution is 2.28. The molecule has 1 aliphatic heterocycles. The lowest BCUT2D eigenvalue weighted by atomic mass is 10.2. The van der Waals surface area contributed by atoms with Gasteiger partial charge in [-0.2, -0.15) is 0 Å². The summed E-state index contributed by atoms with van der Waals surface area (Å²) in [5, 5.41) is 4.45. The van der Waals surface area contributed by atoms with Gasteiger partial charge in [-0.15, -0.1) is 0 Å². The molecule has 3 heterocycles. The number of hydrogen-bond donors (Lipinski definition) is 1. The molecule has 0 aliphatic carbocycles. The quantitative estimate of drug-likeness (QED) is 0.709. The van der Waals surface area contributed by atoms with Gasteiger partial charge in [-0.1, -0.05) is 18.2 Å². The average molecular weight is 239 g/mol. The van der Waals surface area contributed by atoms with Crippen LogP contribution in [0, 0.1) is 0 Å². The molecule has 4 nitrogen and oxygen atoms in total. The number of nitrogens with zero attached hydrogens (tertiary/aromatic N) is 2. The van der Waals surface area contributed by atoms with Gasteiger partial charge in [0.05, 0.1) is 12.7 Å². The number of aromatic nitrogens is 2. The molecule has 4 rings (SSSR count). The molecular weight excluding hydrogens is 226 g/mol. The maximum atomic E-state index is 5.90. The van der Waals surface area contributed by atoms with Crippen molar-refractivity contribution in [3.8, 4) is 11.5 Å². The van der Waals surface area contributed by atoms with Crippen molar-refractivity contribution in [3.63, 3.8) is 0 Å². The van der Waals surface area contributed by atoms with E-state index in [0.29, 0.717) is 0 Å². The van der Waals surface area contributed by atoms with E-state index in [1.165, 1.54) is 0 Å². The monoisotopic (exact) mass is 239 g/mol. The summed E-state index contributed by atoms with van der Waals surface area (Å²) < 4.78 is 8.13. The summed E-state index contributed by atoms with van der Waals surface area (Å²) in [4.78, 5) is 4.44. The highest BCUT2D eigenvalue weighted by atomic mass is 16.3. The third kappa shape index (κ3) is 1.39. The summed E-state index contributed by atoms with van der Waals surface area (Å²) in [6.07, 6.45) is 1.90. The lowest BCUT2D eigenvalue weighted by Crippen LogP contribution is -2.28. The number of hydrogen-bond acceptors (Lipinski definition) is 3. The molecule has 0 radical (unpaired) electrons. The van der Waals surface area contributed by atoms with E-state index in [1.807, 2.05) is 24.4 Å². The molecule has 90 valence electrons. The molecule has 2 aromatic heterocycles. The van der Waals surface area contributed by atoms with E-state index in [2.05, 4.69) is 27.0 Å². The van der Waals surface area contributed by atoms with Crippen molar-refractivity contribution >= 4 is 11.0 Å². The molecule has 1 aliphatic rings. The normalized spacial score (nSPS) is 14.9. The molecule has 0 spiro atoms. The van der Waals surface area contributed by atoms with E-state index in [9.17, 15) is 0 Å². The van der Waals surface area contributed by atoms with Crippen LogP contribution in [0.4, 0.5) is 0 Å². The van der Waals surface area contributed by atoms with Gasteiger partial charge in [0.1, 0.15) is 17.1 Å². The van der Waals surface area contributed by atoms with Gasteiger partial charge in [0.2, 0.25) is 0 Å². The second kappa shape index (κ2) is 3.71.